The van der Waals surface area contributed by atoms with Gasteiger partial charge >= 0.3 is 0 Å². The Morgan fingerprint density at radius 3 is 2.42 bits per heavy atom. The SMILES string of the molecule is CC(CC(=O)NC(CCO)C1CC1)C1CCCCC1. The third-order valence-corrected chi connectivity index (χ3v) is 4.94. The molecule has 2 rings (SSSR count). The van der Waals surface area contributed by atoms with E-state index in [4.69, 9.17) is 5.11 Å². The number of hydrogen-bond acceptors (Lipinski definition) is 2. The molecule has 2 fully saturated rings. The molecule has 2 N–H and O–H groups in total. The molecule has 2 aliphatic rings. The zero-order chi connectivity index (χ0) is 13.7. The number of nitrogens with one attached hydrogen (secondary N) is 1. The zero-order valence-electron chi connectivity index (χ0n) is 12.2. The van der Waals surface area contributed by atoms with Crippen molar-refractivity contribution in [3.63, 3.8) is 0 Å². The molecule has 0 aliphatic heterocycles. The predicted molar refractivity (Wildman–Crippen MR) is 76.7 cm³/mol. The molecular formula is C16H29NO2. The second kappa shape index (κ2) is 7.28. The minimum atomic E-state index is 0.180. The van der Waals surface area contributed by atoms with E-state index in [1.807, 2.05) is 0 Å². The average Bonchev–Trinajstić information content (AvgIpc) is 3.23. The molecule has 0 saturated heterocycles. The molecule has 0 aromatic rings. The summed E-state index contributed by atoms with van der Waals surface area (Å²) in [5.41, 5.74) is 0. The summed E-state index contributed by atoms with van der Waals surface area (Å²) in [6, 6.07) is 0.219. The van der Waals surface area contributed by atoms with Crippen LogP contribution in [0, 0.1) is 17.8 Å². The van der Waals surface area contributed by atoms with E-state index < -0.39 is 0 Å². The monoisotopic (exact) mass is 267 g/mol. The van der Waals surface area contributed by atoms with Crippen molar-refractivity contribution in [1.29, 1.82) is 0 Å². The number of hydrogen-bond donors (Lipinski definition) is 2. The van der Waals surface area contributed by atoms with Gasteiger partial charge in [-0.25, -0.2) is 0 Å². The molecule has 0 spiro atoms. The molecule has 0 radical (unpaired) electrons. The Labute approximate surface area is 117 Å². The minimum Gasteiger partial charge on any atom is -0.396 e. The van der Waals surface area contributed by atoms with Crippen molar-refractivity contribution in [2.45, 2.75) is 70.8 Å². The zero-order valence-corrected chi connectivity index (χ0v) is 12.2. The second-order valence-corrected chi connectivity index (χ2v) is 6.60. The van der Waals surface area contributed by atoms with E-state index in [0.717, 1.165) is 5.92 Å². The molecule has 0 aromatic carbocycles. The maximum absolute atomic E-state index is 12.1. The summed E-state index contributed by atoms with van der Waals surface area (Å²) in [5.74, 6) is 2.08. The van der Waals surface area contributed by atoms with Crippen LogP contribution in [0.2, 0.25) is 0 Å². The molecule has 110 valence electrons. The molecule has 3 heteroatoms. The van der Waals surface area contributed by atoms with Gasteiger partial charge in [0, 0.05) is 19.1 Å². The number of carbonyl (C=O) groups is 1. The van der Waals surface area contributed by atoms with Gasteiger partial charge in [0.1, 0.15) is 0 Å². The van der Waals surface area contributed by atoms with Crippen LogP contribution in [0.4, 0.5) is 0 Å². The highest BCUT2D eigenvalue weighted by molar-refractivity contribution is 5.76. The quantitative estimate of drug-likeness (QED) is 0.745. The Hall–Kier alpha value is -0.570. The van der Waals surface area contributed by atoms with Crippen LogP contribution in [0.3, 0.4) is 0 Å². The van der Waals surface area contributed by atoms with Gasteiger partial charge in [0.15, 0.2) is 0 Å². The molecule has 0 heterocycles. The molecule has 3 nitrogen and oxygen atoms in total. The van der Waals surface area contributed by atoms with E-state index in [2.05, 4.69) is 12.2 Å². The topological polar surface area (TPSA) is 49.3 Å². The van der Waals surface area contributed by atoms with Crippen LogP contribution in [-0.4, -0.2) is 23.7 Å². The average molecular weight is 267 g/mol. The van der Waals surface area contributed by atoms with E-state index in [9.17, 15) is 4.79 Å². The summed E-state index contributed by atoms with van der Waals surface area (Å²) < 4.78 is 0. The van der Waals surface area contributed by atoms with Gasteiger partial charge in [0.2, 0.25) is 5.91 Å². The third kappa shape index (κ3) is 4.79. The maximum atomic E-state index is 12.1. The van der Waals surface area contributed by atoms with Crippen molar-refractivity contribution < 1.29 is 9.90 Å². The van der Waals surface area contributed by atoms with Gasteiger partial charge in [-0.3, -0.25) is 4.79 Å². The summed E-state index contributed by atoms with van der Waals surface area (Å²) in [6.45, 7) is 2.41. The lowest BCUT2D eigenvalue weighted by Crippen LogP contribution is -2.38. The lowest BCUT2D eigenvalue weighted by atomic mass is 9.79. The van der Waals surface area contributed by atoms with Crippen LogP contribution in [0.25, 0.3) is 0 Å². The van der Waals surface area contributed by atoms with Crippen LogP contribution >= 0.6 is 0 Å². The van der Waals surface area contributed by atoms with Gasteiger partial charge in [-0.2, -0.15) is 0 Å². The van der Waals surface area contributed by atoms with Gasteiger partial charge in [-0.1, -0.05) is 39.0 Å². The largest absolute Gasteiger partial charge is 0.396 e. The summed E-state index contributed by atoms with van der Waals surface area (Å²) in [5, 5.41) is 12.2. The first kappa shape index (κ1) is 14.8. The van der Waals surface area contributed by atoms with Crippen molar-refractivity contribution in [3.05, 3.63) is 0 Å². The molecule has 1 amide bonds. The van der Waals surface area contributed by atoms with Gasteiger partial charge < -0.3 is 10.4 Å². The fourth-order valence-corrected chi connectivity index (χ4v) is 3.49. The second-order valence-electron chi connectivity index (χ2n) is 6.60. The standard InChI is InChI=1S/C16H29NO2/c1-12(13-5-3-2-4-6-13)11-16(19)17-15(9-10-18)14-7-8-14/h12-15,18H,2-11H2,1H3,(H,17,19). The van der Waals surface area contributed by atoms with Crippen molar-refractivity contribution >= 4 is 5.91 Å². The van der Waals surface area contributed by atoms with Crippen LogP contribution in [0.5, 0.6) is 0 Å². The Bertz CT molecular complexity index is 282. The first-order valence-corrected chi connectivity index (χ1v) is 8.11. The van der Waals surface area contributed by atoms with E-state index in [-0.39, 0.29) is 18.6 Å². The molecule has 19 heavy (non-hydrogen) atoms. The summed E-state index contributed by atoms with van der Waals surface area (Å²) in [4.78, 5) is 12.1. The van der Waals surface area contributed by atoms with Crippen molar-refractivity contribution in [2.24, 2.45) is 17.8 Å². The molecule has 2 saturated carbocycles. The van der Waals surface area contributed by atoms with Gasteiger partial charge in [-0.15, -0.1) is 0 Å². The highest BCUT2D eigenvalue weighted by Gasteiger charge is 2.32. The Morgan fingerprint density at radius 1 is 1.16 bits per heavy atom. The summed E-state index contributed by atoms with van der Waals surface area (Å²) in [6.07, 6.45) is 10.5. The van der Waals surface area contributed by atoms with Gasteiger partial charge in [0.05, 0.1) is 0 Å². The van der Waals surface area contributed by atoms with Crippen molar-refractivity contribution in [2.75, 3.05) is 6.61 Å². The molecule has 0 bridgehead atoms. The highest BCUT2D eigenvalue weighted by atomic mass is 16.3. The van der Waals surface area contributed by atoms with Gasteiger partial charge in [-0.05, 0) is 37.0 Å². The van der Waals surface area contributed by atoms with E-state index in [0.29, 0.717) is 24.7 Å². The number of aliphatic hydroxyl groups is 1. The van der Waals surface area contributed by atoms with E-state index in [1.165, 1.54) is 44.9 Å². The smallest absolute Gasteiger partial charge is 0.220 e. The molecule has 2 atom stereocenters. The molecular weight excluding hydrogens is 238 g/mol. The molecule has 0 aromatic heterocycles. The minimum absolute atomic E-state index is 0.180. The lowest BCUT2D eigenvalue weighted by Gasteiger charge is -2.28. The van der Waals surface area contributed by atoms with Crippen LogP contribution in [0.15, 0.2) is 0 Å². The van der Waals surface area contributed by atoms with Crippen LogP contribution in [-0.2, 0) is 4.79 Å². The number of amides is 1. The summed E-state index contributed by atoms with van der Waals surface area (Å²) >= 11 is 0. The summed E-state index contributed by atoms with van der Waals surface area (Å²) in [7, 11) is 0. The fourth-order valence-electron chi connectivity index (χ4n) is 3.49. The first-order valence-electron chi connectivity index (χ1n) is 8.11. The van der Waals surface area contributed by atoms with Crippen LogP contribution in [0.1, 0.15) is 64.7 Å². The van der Waals surface area contributed by atoms with E-state index >= 15 is 0 Å². The third-order valence-electron chi connectivity index (χ3n) is 4.94. The van der Waals surface area contributed by atoms with Crippen molar-refractivity contribution in [1.82, 2.24) is 5.32 Å². The highest BCUT2D eigenvalue weighted by Crippen LogP contribution is 2.34. The van der Waals surface area contributed by atoms with Crippen LogP contribution < -0.4 is 5.32 Å². The Balaban J connectivity index is 1.72. The normalized spacial score (nSPS) is 23.9. The van der Waals surface area contributed by atoms with Crippen molar-refractivity contribution in [3.8, 4) is 0 Å². The number of rotatable bonds is 7. The molecule has 2 unspecified atom stereocenters. The van der Waals surface area contributed by atoms with E-state index in [1.54, 1.807) is 0 Å². The Kier molecular flexibility index (Phi) is 5.68. The molecule has 2 aliphatic carbocycles. The lowest BCUT2D eigenvalue weighted by molar-refractivity contribution is -0.123. The first-order chi connectivity index (χ1) is 9.20. The van der Waals surface area contributed by atoms with Gasteiger partial charge in [0.25, 0.3) is 0 Å². The number of aliphatic hydroxyl groups excluding tert-OH is 1. The Morgan fingerprint density at radius 2 is 1.84 bits per heavy atom. The fraction of sp³-hybridized carbons (Fsp3) is 0.938. The number of carbonyl (C=O) groups excluding carboxylic acids is 1. The predicted octanol–water partition coefficient (Wildman–Crippen LogP) is 2.87. The maximum Gasteiger partial charge on any atom is 0.220 e.